The van der Waals surface area contributed by atoms with E-state index in [0.29, 0.717) is 18.5 Å². The molecule has 4 rings (SSSR count). The topological polar surface area (TPSA) is 58.6 Å². The maximum absolute atomic E-state index is 13.6. The predicted octanol–water partition coefficient (Wildman–Crippen LogP) is 4.49. The van der Waals surface area contributed by atoms with Gasteiger partial charge in [-0.2, -0.15) is 0 Å². The van der Waals surface area contributed by atoms with E-state index in [9.17, 15) is 9.59 Å². The Balaban J connectivity index is 1.64. The van der Waals surface area contributed by atoms with Crippen LogP contribution in [0, 0.1) is 0 Å². The Morgan fingerprint density at radius 1 is 1.06 bits per heavy atom. The lowest BCUT2D eigenvalue weighted by atomic mass is 9.82. The van der Waals surface area contributed by atoms with E-state index in [0.717, 1.165) is 42.6 Å². The summed E-state index contributed by atoms with van der Waals surface area (Å²) < 4.78 is 5.26. The lowest BCUT2D eigenvalue weighted by molar-refractivity contribution is -0.132. The second-order valence-corrected chi connectivity index (χ2v) is 9.01. The van der Waals surface area contributed by atoms with E-state index < -0.39 is 5.54 Å². The summed E-state index contributed by atoms with van der Waals surface area (Å²) in [4.78, 5) is 28.9. The monoisotopic (exact) mass is 420 g/mol. The molecule has 5 nitrogen and oxygen atoms in total. The molecule has 5 heteroatoms. The van der Waals surface area contributed by atoms with Gasteiger partial charge >= 0.3 is 0 Å². The zero-order chi connectivity index (χ0) is 21.8. The summed E-state index contributed by atoms with van der Waals surface area (Å²) in [6, 6.07) is 15.5. The van der Waals surface area contributed by atoms with Gasteiger partial charge in [0, 0.05) is 24.6 Å². The first-order chi connectivity index (χ1) is 15.0. The van der Waals surface area contributed by atoms with Crippen LogP contribution in [0.3, 0.4) is 0 Å². The molecule has 1 heterocycles. The SMILES string of the molecule is COc1ccc(CN2C(=O)c3ccccc3C[C@]2(C)C(=O)NC2CCCCCC2)cc1. The summed E-state index contributed by atoms with van der Waals surface area (Å²) in [6.45, 7) is 2.29. The molecule has 1 aliphatic carbocycles. The highest BCUT2D eigenvalue weighted by Gasteiger charge is 2.47. The molecular formula is C26H32N2O3. The van der Waals surface area contributed by atoms with Gasteiger partial charge in [-0.25, -0.2) is 0 Å². The molecule has 164 valence electrons. The molecule has 0 aromatic heterocycles. The van der Waals surface area contributed by atoms with Crippen molar-refractivity contribution < 1.29 is 14.3 Å². The van der Waals surface area contributed by atoms with E-state index in [1.807, 2.05) is 55.5 Å². The fourth-order valence-electron chi connectivity index (χ4n) is 4.85. The third kappa shape index (κ3) is 4.46. The fraction of sp³-hybridized carbons (Fsp3) is 0.462. The Morgan fingerprint density at radius 3 is 2.42 bits per heavy atom. The summed E-state index contributed by atoms with van der Waals surface area (Å²) in [5.74, 6) is 0.639. The lowest BCUT2D eigenvalue weighted by Crippen LogP contribution is -2.63. The maximum atomic E-state index is 13.6. The third-order valence-corrected chi connectivity index (χ3v) is 6.80. The Hall–Kier alpha value is -2.82. The number of nitrogens with one attached hydrogen (secondary N) is 1. The molecule has 0 unspecified atom stereocenters. The molecule has 1 N–H and O–H groups in total. The van der Waals surface area contributed by atoms with E-state index in [1.165, 1.54) is 12.8 Å². The Morgan fingerprint density at radius 2 is 1.74 bits per heavy atom. The number of hydrogen-bond acceptors (Lipinski definition) is 3. The van der Waals surface area contributed by atoms with Gasteiger partial charge in [0.05, 0.1) is 7.11 Å². The molecule has 0 spiro atoms. The molecule has 1 fully saturated rings. The van der Waals surface area contributed by atoms with Gasteiger partial charge < -0.3 is 15.0 Å². The second kappa shape index (κ2) is 9.13. The average Bonchev–Trinajstić information content (AvgIpc) is 3.05. The number of carbonyl (C=O) groups is 2. The van der Waals surface area contributed by atoms with Crippen LogP contribution in [0.4, 0.5) is 0 Å². The highest BCUT2D eigenvalue weighted by molar-refractivity contribution is 6.02. The van der Waals surface area contributed by atoms with Crippen LogP contribution in [-0.4, -0.2) is 35.4 Å². The van der Waals surface area contributed by atoms with Crippen molar-refractivity contribution in [2.75, 3.05) is 7.11 Å². The predicted molar refractivity (Wildman–Crippen MR) is 121 cm³/mol. The van der Waals surface area contributed by atoms with Crippen molar-refractivity contribution in [3.05, 3.63) is 65.2 Å². The summed E-state index contributed by atoms with van der Waals surface area (Å²) in [6.07, 6.45) is 7.33. The van der Waals surface area contributed by atoms with Crippen LogP contribution in [0.5, 0.6) is 5.75 Å². The summed E-state index contributed by atoms with van der Waals surface area (Å²) in [5.41, 5.74) is 1.67. The van der Waals surface area contributed by atoms with Crippen molar-refractivity contribution in [2.45, 2.75) is 70.0 Å². The van der Waals surface area contributed by atoms with Crippen molar-refractivity contribution in [1.29, 1.82) is 0 Å². The van der Waals surface area contributed by atoms with Crippen molar-refractivity contribution in [2.24, 2.45) is 0 Å². The maximum Gasteiger partial charge on any atom is 0.255 e. The van der Waals surface area contributed by atoms with Gasteiger partial charge in [0.2, 0.25) is 5.91 Å². The molecule has 2 aromatic rings. The van der Waals surface area contributed by atoms with Gasteiger partial charge in [-0.15, -0.1) is 0 Å². The molecule has 1 aliphatic heterocycles. The first kappa shape index (κ1) is 21.4. The largest absolute Gasteiger partial charge is 0.497 e. The molecule has 31 heavy (non-hydrogen) atoms. The molecule has 2 aromatic carbocycles. The zero-order valence-corrected chi connectivity index (χ0v) is 18.5. The van der Waals surface area contributed by atoms with E-state index in [-0.39, 0.29) is 17.9 Å². The van der Waals surface area contributed by atoms with Gasteiger partial charge in [0.15, 0.2) is 0 Å². The van der Waals surface area contributed by atoms with Crippen LogP contribution in [0.15, 0.2) is 48.5 Å². The van der Waals surface area contributed by atoms with Crippen molar-refractivity contribution in [1.82, 2.24) is 10.2 Å². The lowest BCUT2D eigenvalue weighted by Gasteiger charge is -2.44. The van der Waals surface area contributed by atoms with Gasteiger partial charge in [0.25, 0.3) is 5.91 Å². The standard InChI is InChI=1S/C26H32N2O3/c1-26(25(30)27-21-10-5-3-4-6-11-21)17-20-9-7-8-12-23(20)24(29)28(26)18-19-13-15-22(31-2)16-14-19/h7-9,12-16,21H,3-6,10-11,17-18H2,1-2H3,(H,27,30)/t26-/m1/s1. The number of hydrogen-bond donors (Lipinski definition) is 1. The smallest absolute Gasteiger partial charge is 0.255 e. The minimum atomic E-state index is -0.933. The number of nitrogens with zero attached hydrogens (tertiary/aromatic N) is 1. The highest BCUT2D eigenvalue weighted by Crippen LogP contribution is 2.33. The molecule has 2 amide bonds. The van der Waals surface area contributed by atoms with E-state index >= 15 is 0 Å². The number of fused-ring (bicyclic) bond motifs is 1. The number of ether oxygens (including phenoxy) is 1. The quantitative estimate of drug-likeness (QED) is 0.725. The fourth-order valence-corrected chi connectivity index (χ4v) is 4.85. The van der Waals surface area contributed by atoms with Crippen molar-refractivity contribution in [3.8, 4) is 5.75 Å². The van der Waals surface area contributed by atoms with Crippen LogP contribution < -0.4 is 10.1 Å². The Labute approximate surface area is 184 Å². The first-order valence-corrected chi connectivity index (χ1v) is 11.3. The van der Waals surface area contributed by atoms with Gasteiger partial charge in [-0.1, -0.05) is 56.0 Å². The molecule has 1 saturated carbocycles. The average molecular weight is 421 g/mol. The zero-order valence-electron chi connectivity index (χ0n) is 18.5. The van der Waals surface area contributed by atoms with Gasteiger partial charge in [0.1, 0.15) is 11.3 Å². The number of rotatable bonds is 5. The minimum Gasteiger partial charge on any atom is -0.497 e. The van der Waals surface area contributed by atoms with Crippen molar-refractivity contribution >= 4 is 11.8 Å². The number of carbonyl (C=O) groups excluding carboxylic acids is 2. The van der Waals surface area contributed by atoms with Crippen LogP contribution in [-0.2, 0) is 17.8 Å². The summed E-state index contributed by atoms with van der Waals surface area (Å²) in [7, 11) is 1.63. The third-order valence-electron chi connectivity index (χ3n) is 6.80. The first-order valence-electron chi connectivity index (χ1n) is 11.3. The normalized spacial score (nSPS) is 21.9. The van der Waals surface area contributed by atoms with E-state index in [2.05, 4.69) is 5.32 Å². The molecule has 0 saturated heterocycles. The second-order valence-electron chi connectivity index (χ2n) is 9.01. The minimum absolute atomic E-state index is 0.0456. The Bertz CT molecular complexity index is 932. The number of amides is 2. The molecule has 0 bridgehead atoms. The number of benzene rings is 2. The van der Waals surface area contributed by atoms with Crippen molar-refractivity contribution in [3.63, 3.8) is 0 Å². The van der Waals surface area contributed by atoms with Crippen LogP contribution in [0.1, 0.15) is 66.9 Å². The van der Waals surface area contributed by atoms with Gasteiger partial charge in [-0.05, 0) is 49.1 Å². The molecule has 2 aliphatic rings. The van der Waals surface area contributed by atoms with Gasteiger partial charge in [-0.3, -0.25) is 9.59 Å². The van der Waals surface area contributed by atoms with Crippen LogP contribution in [0.25, 0.3) is 0 Å². The highest BCUT2D eigenvalue weighted by atomic mass is 16.5. The molecular weight excluding hydrogens is 388 g/mol. The molecule has 0 radical (unpaired) electrons. The Kier molecular flexibility index (Phi) is 6.30. The summed E-state index contributed by atoms with van der Waals surface area (Å²) in [5, 5.41) is 3.30. The van der Waals surface area contributed by atoms with Crippen LogP contribution >= 0.6 is 0 Å². The van der Waals surface area contributed by atoms with E-state index in [1.54, 1.807) is 12.0 Å². The summed E-state index contributed by atoms with van der Waals surface area (Å²) >= 11 is 0. The number of methoxy groups -OCH3 is 1. The van der Waals surface area contributed by atoms with Crippen LogP contribution in [0.2, 0.25) is 0 Å². The molecule has 1 atom stereocenters. The van der Waals surface area contributed by atoms with E-state index in [4.69, 9.17) is 4.74 Å².